The third-order valence-electron chi connectivity index (χ3n) is 5.90. The molecule has 6 heteroatoms. The molecule has 31 heavy (non-hydrogen) atoms. The maximum atomic E-state index is 12.2. The lowest BCUT2D eigenvalue weighted by molar-refractivity contribution is -0.147. The van der Waals surface area contributed by atoms with Crippen LogP contribution in [0.5, 0.6) is 0 Å². The van der Waals surface area contributed by atoms with E-state index in [-0.39, 0.29) is 36.4 Å². The van der Waals surface area contributed by atoms with Crippen LogP contribution in [0.25, 0.3) is 0 Å². The number of ketones is 1. The molecule has 1 aliphatic carbocycles. The van der Waals surface area contributed by atoms with Gasteiger partial charge in [-0.3, -0.25) is 14.4 Å². The Morgan fingerprint density at radius 1 is 1.13 bits per heavy atom. The van der Waals surface area contributed by atoms with Crippen molar-refractivity contribution in [2.45, 2.75) is 90.6 Å². The molecule has 0 aromatic carbocycles. The van der Waals surface area contributed by atoms with Gasteiger partial charge in [-0.25, -0.2) is 0 Å². The summed E-state index contributed by atoms with van der Waals surface area (Å²) in [5.41, 5.74) is 0. The lowest BCUT2D eigenvalue weighted by Crippen LogP contribution is -2.17. The number of aliphatic hydroxyl groups is 1. The minimum absolute atomic E-state index is 0.0235. The number of aliphatic hydroxyl groups excluding tert-OH is 1. The highest BCUT2D eigenvalue weighted by atomic mass is 16.5. The zero-order valence-corrected chi connectivity index (χ0v) is 19.1. The number of esters is 1. The smallest absolute Gasteiger partial charge is 0.306 e. The summed E-state index contributed by atoms with van der Waals surface area (Å²) < 4.78 is 5.01. The Kier molecular flexibility index (Phi) is 13.8. The van der Waals surface area contributed by atoms with Gasteiger partial charge >= 0.3 is 11.9 Å². The molecule has 0 aliphatic heterocycles. The largest absolute Gasteiger partial charge is 0.481 e. The van der Waals surface area contributed by atoms with E-state index >= 15 is 0 Å². The number of unbranched alkanes of at least 4 members (excludes halogenated alkanes) is 5. The Balaban J connectivity index is 2.19. The van der Waals surface area contributed by atoms with Crippen LogP contribution in [0.3, 0.4) is 0 Å². The highest BCUT2D eigenvalue weighted by Crippen LogP contribution is 2.29. The third-order valence-corrected chi connectivity index (χ3v) is 5.90. The number of hydrogen-bond donors (Lipinski definition) is 2. The molecule has 0 heterocycles. The number of carbonyl (C=O) groups is 3. The first kappa shape index (κ1) is 27.1. The molecule has 0 spiro atoms. The van der Waals surface area contributed by atoms with Crippen LogP contribution in [0, 0.1) is 17.8 Å². The van der Waals surface area contributed by atoms with Gasteiger partial charge in [0.25, 0.3) is 0 Å². The van der Waals surface area contributed by atoms with Crippen molar-refractivity contribution < 1.29 is 29.3 Å². The van der Waals surface area contributed by atoms with Crippen LogP contribution < -0.4 is 0 Å². The van der Waals surface area contributed by atoms with E-state index in [4.69, 9.17) is 9.84 Å². The van der Waals surface area contributed by atoms with Crippen LogP contribution in [-0.2, 0) is 19.1 Å². The Hall–Kier alpha value is -1.95. The second-order valence-corrected chi connectivity index (χ2v) is 8.61. The molecule has 0 saturated heterocycles. The molecular formula is C25H40O6. The molecule has 4 atom stereocenters. The normalized spacial score (nSPS) is 20.3. The van der Waals surface area contributed by atoms with Gasteiger partial charge in [0.1, 0.15) is 0 Å². The van der Waals surface area contributed by atoms with Crippen molar-refractivity contribution in [3.05, 3.63) is 24.3 Å². The minimum Gasteiger partial charge on any atom is -0.481 e. The first-order valence-corrected chi connectivity index (χ1v) is 11.8. The summed E-state index contributed by atoms with van der Waals surface area (Å²) in [6.07, 6.45) is 15.5. The molecule has 6 nitrogen and oxygen atoms in total. The molecule has 0 bridgehead atoms. The van der Waals surface area contributed by atoms with Gasteiger partial charge in [0, 0.05) is 11.8 Å². The predicted molar refractivity (Wildman–Crippen MR) is 120 cm³/mol. The van der Waals surface area contributed by atoms with Gasteiger partial charge in [0.15, 0.2) is 5.78 Å². The quantitative estimate of drug-likeness (QED) is 0.192. The van der Waals surface area contributed by atoms with Crippen molar-refractivity contribution in [1.29, 1.82) is 0 Å². The molecule has 0 aromatic heterocycles. The zero-order chi connectivity index (χ0) is 23.1. The van der Waals surface area contributed by atoms with Crippen molar-refractivity contribution in [3.63, 3.8) is 0 Å². The van der Waals surface area contributed by atoms with E-state index in [2.05, 4.69) is 13.8 Å². The summed E-state index contributed by atoms with van der Waals surface area (Å²) in [5, 5.41) is 18.8. The van der Waals surface area contributed by atoms with E-state index < -0.39 is 18.0 Å². The third kappa shape index (κ3) is 11.9. The van der Waals surface area contributed by atoms with Crippen LogP contribution in [0.2, 0.25) is 0 Å². The Labute approximate surface area is 186 Å². The van der Waals surface area contributed by atoms with Gasteiger partial charge in [0.2, 0.25) is 0 Å². The molecule has 0 fully saturated rings. The summed E-state index contributed by atoms with van der Waals surface area (Å²) in [4.78, 5) is 33.9. The second-order valence-electron chi connectivity index (χ2n) is 8.61. The maximum absolute atomic E-state index is 12.2. The fraction of sp³-hybridized carbons (Fsp3) is 0.720. The average Bonchev–Trinajstić information content (AvgIpc) is 3.09. The fourth-order valence-electron chi connectivity index (χ4n) is 3.78. The molecule has 0 radical (unpaired) electrons. The van der Waals surface area contributed by atoms with Crippen LogP contribution in [0.1, 0.15) is 84.5 Å². The first-order chi connectivity index (χ1) is 14.8. The summed E-state index contributed by atoms with van der Waals surface area (Å²) in [6, 6.07) is 0. The molecule has 0 saturated carbocycles. The molecule has 1 rings (SSSR count). The monoisotopic (exact) mass is 436 g/mol. The summed E-state index contributed by atoms with van der Waals surface area (Å²) in [7, 11) is 0. The van der Waals surface area contributed by atoms with Crippen LogP contribution in [0.4, 0.5) is 0 Å². The fourth-order valence-corrected chi connectivity index (χ4v) is 3.78. The SMILES string of the molecule is CCCCC(C)[C@H](O)C=C[C@H]1C=CC(=O)[C@@H]1CCCCCCCOC(=O)CCC(=O)O. The van der Waals surface area contributed by atoms with Gasteiger partial charge in [0.05, 0.1) is 25.6 Å². The van der Waals surface area contributed by atoms with Gasteiger partial charge in [-0.2, -0.15) is 0 Å². The van der Waals surface area contributed by atoms with Gasteiger partial charge in [-0.1, -0.05) is 70.6 Å². The topological polar surface area (TPSA) is 101 Å². The van der Waals surface area contributed by atoms with Crippen LogP contribution >= 0.6 is 0 Å². The van der Waals surface area contributed by atoms with Crippen molar-refractivity contribution in [3.8, 4) is 0 Å². The standard InChI is InChI=1S/C25H40O6/c1-3-4-10-19(2)22(26)14-12-20-13-15-23(27)21(20)11-8-6-5-7-9-18-31-25(30)17-16-24(28)29/h12-15,19-22,26H,3-11,16-18H2,1-2H3,(H,28,29)/t19?,20-,21+,22+/m0/s1. The number of carboxylic acids is 1. The van der Waals surface area contributed by atoms with Gasteiger partial charge in [-0.15, -0.1) is 0 Å². The molecule has 1 aliphatic rings. The van der Waals surface area contributed by atoms with E-state index in [1.165, 1.54) is 0 Å². The van der Waals surface area contributed by atoms with Crippen LogP contribution in [-0.4, -0.2) is 40.6 Å². The molecule has 2 N–H and O–H groups in total. The van der Waals surface area contributed by atoms with Crippen molar-refractivity contribution in [2.24, 2.45) is 17.8 Å². The number of hydrogen-bond acceptors (Lipinski definition) is 5. The number of carbonyl (C=O) groups excluding carboxylic acids is 2. The number of aliphatic carboxylic acids is 1. The minimum atomic E-state index is -0.997. The number of ether oxygens (including phenoxy) is 1. The van der Waals surface area contributed by atoms with Gasteiger partial charge < -0.3 is 14.9 Å². The zero-order valence-electron chi connectivity index (χ0n) is 19.1. The van der Waals surface area contributed by atoms with Crippen molar-refractivity contribution in [2.75, 3.05) is 6.61 Å². The number of rotatable bonds is 17. The van der Waals surface area contributed by atoms with Crippen molar-refractivity contribution >= 4 is 17.7 Å². The lowest BCUT2D eigenvalue weighted by atomic mass is 9.88. The average molecular weight is 437 g/mol. The Morgan fingerprint density at radius 2 is 1.84 bits per heavy atom. The lowest BCUT2D eigenvalue weighted by Gasteiger charge is -2.18. The molecule has 0 aromatic rings. The van der Waals surface area contributed by atoms with E-state index in [0.717, 1.165) is 57.8 Å². The molecule has 176 valence electrons. The van der Waals surface area contributed by atoms with Gasteiger partial charge in [-0.05, 0) is 31.3 Å². The first-order valence-electron chi connectivity index (χ1n) is 11.8. The maximum Gasteiger partial charge on any atom is 0.306 e. The van der Waals surface area contributed by atoms with E-state index in [9.17, 15) is 19.5 Å². The molecular weight excluding hydrogens is 396 g/mol. The van der Waals surface area contributed by atoms with E-state index in [0.29, 0.717) is 6.61 Å². The Morgan fingerprint density at radius 3 is 2.55 bits per heavy atom. The highest BCUT2D eigenvalue weighted by Gasteiger charge is 2.27. The summed E-state index contributed by atoms with van der Waals surface area (Å²) in [6.45, 7) is 4.54. The predicted octanol–water partition coefficient (Wildman–Crippen LogP) is 4.85. The van der Waals surface area contributed by atoms with Crippen molar-refractivity contribution in [1.82, 2.24) is 0 Å². The van der Waals surface area contributed by atoms with E-state index in [1.807, 2.05) is 18.2 Å². The molecule has 0 amide bonds. The van der Waals surface area contributed by atoms with Crippen LogP contribution in [0.15, 0.2) is 24.3 Å². The second kappa shape index (κ2) is 15.8. The summed E-state index contributed by atoms with van der Waals surface area (Å²) in [5.74, 6) is -0.999. The van der Waals surface area contributed by atoms with E-state index in [1.54, 1.807) is 6.08 Å². The molecule has 1 unspecified atom stereocenters. The Bertz CT molecular complexity index is 609. The summed E-state index contributed by atoms with van der Waals surface area (Å²) >= 11 is 0. The number of allylic oxidation sites excluding steroid dienone is 3. The number of carboxylic acid groups (broad SMARTS) is 1. The highest BCUT2D eigenvalue weighted by molar-refractivity contribution is 5.94.